The molecule has 1 amide bonds. The summed E-state index contributed by atoms with van der Waals surface area (Å²) in [5, 5.41) is 16.6. The molecule has 2 heterocycles. The minimum Gasteiger partial charge on any atom is -0.308 e. The SMILES string of the molecule is N#Cc1cnn(-c2ccccc2)c1NC(=O)CN1CCN(C2CCCC2)CC1. The maximum atomic E-state index is 12.7. The second-order valence-electron chi connectivity index (χ2n) is 7.56. The van der Waals surface area contributed by atoms with Gasteiger partial charge >= 0.3 is 0 Å². The fraction of sp³-hybridized carbons (Fsp3) is 0.476. The van der Waals surface area contributed by atoms with Gasteiger partial charge in [-0.15, -0.1) is 0 Å². The van der Waals surface area contributed by atoms with Crippen LogP contribution in [0.25, 0.3) is 5.69 Å². The topological polar surface area (TPSA) is 77.2 Å². The summed E-state index contributed by atoms with van der Waals surface area (Å²) in [4.78, 5) is 17.4. The lowest BCUT2D eigenvalue weighted by Gasteiger charge is -2.37. The third-order valence-electron chi connectivity index (χ3n) is 5.76. The highest BCUT2D eigenvalue weighted by Gasteiger charge is 2.27. The van der Waals surface area contributed by atoms with Gasteiger partial charge in [-0.2, -0.15) is 10.4 Å². The van der Waals surface area contributed by atoms with Gasteiger partial charge in [0, 0.05) is 32.2 Å². The molecule has 7 nitrogen and oxygen atoms in total. The summed E-state index contributed by atoms with van der Waals surface area (Å²) in [6.07, 6.45) is 6.83. The van der Waals surface area contributed by atoms with E-state index in [1.807, 2.05) is 30.3 Å². The van der Waals surface area contributed by atoms with Gasteiger partial charge in [0.25, 0.3) is 0 Å². The molecule has 4 rings (SSSR count). The molecule has 0 atom stereocenters. The Kier molecular flexibility index (Phi) is 5.70. The van der Waals surface area contributed by atoms with Crippen LogP contribution in [0.4, 0.5) is 5.82 Å². The quantitative estimate of drug-likeness (QED) is 0.863. The molecule has 28 heavy (non-hydrogen) atoms. The Balaban J connectivity index is 1.37. The third-order valence-corrected chi connectivity index (χ3v) is 5.76. The summed E-state index contributed by atoms with van der Waals surface area (Å²) in [5.41, 5.74) is 1.17. The van der Waals surface area contributed by atoms with Crippen LogP contribution in [0.2, 0.25) is 0 Å². The highest BCUT2D eigenvalue weighted by Crippen LogP contribution is 2.24. The van der Waals surface area contributed by atoms with Crippen molar-refractivity contribution in [1.82, 2.24) is 19.6 Å². The van der Waals surface area contributed by atoms with E-state index in [1.54, 1.807) is 4.68 Å². The van der Waals surface area contributed by atoms with Gasteiger partial charge in [-0.1, -0.05) is 31.0 Å². The highest BCUT2D eigenvalue weighted by molar-refractivity contribution is 5.93. The van der Waals surface area contributed by atoms with Gasteiger partial charge < -0.3 is 5.32 Å². The summed E-state index contributed by atoms with van der Waals surface area (Å²) in [5.74, 6) is 0.326. The van der Waals surface area contributed by atoms with Crippen molar-refractivity contribution in [2.45, 2.75) is 31.7 Å². The van der Waals surface area contributed by atoms with Crippen LogP contribution in [0.3, 0.4) is 0 Å². The minimum atomic E-state index is -0.108. The summed E-state index contributed by atoms with van der Waals surface area (Å²) in [7, 11) is 0. The van der Waals surface area contributed by atoms with E-state index in [4.69, 9.17) is 0 Å². The van der Waals surface area contributed by atoms with Gasteiger partial charge in [0.05, 0.1) is 18.4 Å². The second-order valence-corrected chi connectivity index (χ2v) is 7.56. The lowest BCUT2D eigenvalue weighted by molar-refractivity contribution is -0.117. The number of amides is 1. The predicted molar refractivity (Wildman–Crippen MR) is 107 cm³/mol. The van der Waals surface area contributed by atoms with Crippen LogP contribution in [0.1, 0.15) is 31.2 Å². The highest BCUT2D eigenvalue weighted by atomic mass is 16.2. The number of aromatic nitrogens is 2. The molecule has 1 saturated heterocycles. The zero-order valence-electron chi connectivity index (χ0n) is 16.0. The van der Waals surface area contributed by atoms with Crippen molar-refractivity contribution in [2.24, 2.45) is 0 Å². The Morgan fingerprint density at radius 1 is 1.14 bits per heavy atom. The number of piperazine rings is 1. The van der Waals surface area contributed by atoms with E-state index in [9.17, 15) is 10.1 Å². The van der Waals surface area contributed by atoms with Gasteiger partial charge in [-0.3, -0.25) is 14.6 Å². The van der Waals surface area contributed by atoms with Gasteiger partial charge in [0.1, 0.15) is 11.6 Å². The lowest BCUT2D eigenvalue weighted by atomic mass is 10.2. The zero-order valence-corrected chi connectivity index (χ0v) is 16.0. The molecular weight excluding hydrogens is 352 g/mol. The van der Waals surface area contributed by atoms with Crippen molar-refractivity contribution < 1.29 is 4.79 Å². The standard InChI is InChI=1S/C21H26N6O/c22-14-17-15-23-27(19-8-2-1-3-9-19)21(17)24-20(28)16-25-10-12-26(13-11-25)18-6-4-5-7-18/h1-3,8-9,15,18H,4-7,10-13,16H2,(H,24,28). The van der Waals surface area contributed by atoms with Crippen molar-refractivity contribution in [3.05, 3.63) is 42.1 Å². The molecule has 7 heteroatoms. The van der Waals surface area contributed by atoms with Crippen molar-refractivity contribution in [2.75, 3.05) is 38.0 Å². The first-order valence-corrected chi connectivity index (χ1v) is 10.0. The Bertz CT molecular complexity index is 842. The van der Waals surface area contributed by atoms with Gasteiger partial charge in [-0.25, -0.2) is 4.68 Å². The van der Waals surface area contributed by atoms with Crippen LogP contribution in [-0.4, -0.2) is 64.3 Å². The molecule has 1 N–H and O–H groups in total. The predicted octanol–water partition coefficient (Wildman–Crippen LogP) is 2.24. The van der Waals surface area contributed by atoms with Gasteiger partial charge in [-0.05, 0) is 25.0 Å². The zero-order chi connectivity index (χ0) is 19.3. The molecule has 0 unspecified atom stereocenters. The average molecular weight is 378 g/mol. The molecule has 0 bridgehead atoms. The van der Waals surface area contributed by atoms with E-state index in [2.05, 4.69) is 26.3 Å². The van der Waals surface area contributed by atoms with Crippen LogP contribution in [0, 0.1) is 11.3 Å². The van der Waals surface area contributed by atoms with Gasteiger partial charge in [0.15, 0.2) is 5.82 Å². The first-order chi connectivity index (χ1) is 13.7. The third kappa shape index (κ3) is 4.08. The monoisotopic (exact) mass is 378 g/mol. The lowest BCUT2D eigenvalue weighted by Crippen LogP contribution is -2.51. The van der Waals surface area contributed by atoms with E-state index < -0.39 is 0 Å². The molecule has 2 aromatic rings. The Morgan fingerprint density at radius 2 is 1.86 bits per heavy atom. The van der Waals surface area contributed by atoms with Crippen LogP contribution in [-0.2, 0) is 4.79 Å². The number of carbonyl (C=O) groups is 1. The maximum Gasteiger partial charge on any atom is 0.239 e. The number of nitriles is 1. The Hall–Kier alpha value is -2.69. The van der Waals surface area contributed by atoms with Crippen molar-refractivity contribution in [3.63, 3.8) is 0 Å². The largest absolute Gasteiger partial charge is 0.308 e. The van der Waals surface area contributed by atoms with Crippen LogP contribution in [0.15, 0.2) is 36.5 Å². The number of anilines is 1. The summed E-state index contributed by atoms with van der Waals surface area (Å²) in [6, 6.07) is 12.4. The first-order valence-electron chi connectivity index (χ1n) is 10.0. The van der Waals surface area contributed by atoms with E-state index in [0.717, 1.165) is 37.9 Å². The van der Waals surface area contributed by atoms with Gasteiger partial charge in [0.2, 0.25) is 5.91 Å². The number of nitrogens with zero attached hydrogens (tertiary/aromatic N) is 5. The number of hydrogen-bond donors (Lipinski definition) is 1. The van der Waals surface area contributed by atoms with Crippen molar-refractivity contribution in [1.29, 1.82) is 5.26 Å². The first kappa shape index (κ1) is 18.7. The molecular formula is C21H26N6O. The van der Waals surface area contributed by atoms with E-state index in [0.29, 0.717) is 17.9 Å². The number of carbonyl (C=O) groups excluding carboxylic acids is 1. The molecule has 1 aliphatic carbocycles. The minimum absolute atomic E-state index is 0.108. The summed E-state index contributed by atoms with van der Waals surface area (Å²) < 4.78 is 1.61. The molecule has 0 spiro atoms. The average Bonchev–Trinajstić information content (AvgIpc) is 3.39. The molecule has 2 aliphatic rings. The molecule has 0 radical (unpaired) electrons. The Labute approximate surface area is 165 Å². The number of rotatable bonds is 5. The molecule has 1 aromatic carbocycles. The Morgan fingerprint density at radius 3 is 2.54 bits per heavy atom. The summed E-state index contributed by atoms with van der Waals surface area (Å²) >= 11 is 0. The number of benzene rings is 1. The maximum absolute atomic E-state index is 12.7. The fourth-order valence-electron chi connectivity index (χ4n) is 4.25. The second kappa shape index (κ2) is 8.55. The van der Waals surface area contributed by atoms with Crippen LogP contribution >= 0.6 is 0 Å². The number of para-hydroxylation sites is 1. The normalized spacial score (nSPS) is 18.8. The fourth-order valence-corrected chi connectivity index (χ4v) is 4.25. The number of nitrogens with one attached hydrogen (secondary N) is 1. The molecule has 1 aromatic heterocycles. The van der Waals surface area contributed by atoms with Crippen molar-refractivity contribution >= 4 is 11.7 Å². The smallest absolute Gasteiger partial charge is 0.239 e. The van der Waals surface area contributed by atoms with Crippen molar-refractivity contribution in [3.8, 4) is 11.8 Å². The molecule has 1 saturated carbocycles. The van der Waals surface area contributed by atoms with Crippen LogP contribution < -0.4 is 5.32 Å². The van der Waals surface area contributed by atoms with E-state index >= 15 is 0 Å². The molecule has 146 valence electrons. The van der Waals surface area contributed by atoms with E-state index in [1.165, 1.54) is 31.9 Å². The molecule has 2 fully saturated rings. The van der Waals surface area contributed by atoms with Crippen LogP contribution in [0.5, 0.6) is 0 Å². The molecule has 1 aliphatic heterocycles. The summed E-state index contributed by atoms with van der Waals surface area (Å²) in [6.45, 7) is 4.22. The number of hydrogen-bond acceptors (Lipinski definition) is 5. The van der Waals surface area contributed by atoms with E-state index in [-0.39, 0.29) is 5.91 Å².